The molecule has 0 aromatic heterocycles. The molecule has 0 bridgehead atoms. The molecular formula is C15H27N3O4. The molecule has 22 heavy (non-hydrogen) atoms. The summed E-state index contributed by atoms with van der Waals surface area (Å²) < 4.78 is 5.00. The van der Waals surface area contributed by atoms with E-state index in [1.165, 1.54) is 0 Å². The van der Waals surface area contributed by atoms with E-state index in [0.29, 0.717) is 23.5 Å². The molecular weight excluding hydrogens is 286 g/mol. The molecule has 0 rings (SSSR count). The van der Waals surface area contributed by atoms with Gasteiger partial charge in [0.15, 0.2) is 0 Å². The number of hydrazine groups is 1. The van der Waals surface area contributed by atoms with Crippen LogP contribution in [0.3, 0.4) is 0 Å². The number of nitrogens with one attached hydrogen (secondary N) is 1. The Balaban J connectivity index is 3.88. The fourth-order valence-corrected chi connectivity index (χ4v) is 1.46. The highest BCUT2D eigenvalue weighted by Crippen LogP contribution is 2.09. The first-order valence-electron chi connectivity index (χ1n) is 7.29. The van der Waals surface area contributed by atoms with Crippen LogP contribution in [-0.2, 0) is 14.3 Å². The lowest BCUT2D eigenvalue weighted by atomic mass is 10.2. The van der Waals surface area contributed by atoms with Crippen LogP contribution in [0.4, 0.5) is 4.79 Å². The predicted molar refractivity (Wildman–Crippen MR) is 83.6 cm³/mol. The van der Waals surface area contributed by atoms with Gasteiger partial charge in [0.1, 0.15) is 5.60 Å². The van der Waals surface area contributed by atoms with Crippen molar-refractivity contribution in [3.8, 4) is 0 Å². The van der Waals surface area contributed by atoms with Crippen LogP contribution in [0, 0.1) is 0 Å². The van der Waals surface area contributed by atoms with Crippen LogP contribution in [-0.4, -0.2) is 35.1 Å². The van der Waals surface area contributed by atoms with Crippen LogP contribution < -0.4 is 11.2 Å². The minimum atomic E-state index is -0.855. The molecule has 0 aliphatic carbocycles. The predicted octanol–water partition coefficient (Wildman–Crippen LogP) is 1.88. The number of nitrogens with zero attached hydrogens (tertiary/aromatic N) is 1. The highest BCUT2D eigenvalue weighted by molar-refractivity contribution is 5.92. The number of amides is 3. The number of rotatable bonds is 7. The molecule has 0 aromatic carbocycles. The van der Waals surface area contributed by atoms with Crippen LogP contribution in [0.1, 0.15) is 53.4 Å². The maximum Gasteiger partial charge on any atom is 0.431 e. The van der Waals surface area contributed by atoms with E-state index >= 15 is 0 Å². The molecule has 0 saturated heterocycles. The zero-order valence-electron chi connectivity index (χ0n) is 13.9. The third-order valence-electron chi connectivity index (χ3n) is 2.60. The molecule has 0 aliphatic heterocycles. The highest BCUT2D eigenvalue weighted by Gasteiger charge is 2.24. The van der Waals surface area contributed by atoms with E-state index in [4.69, 9.17) is 10.6 Å². The Hall–Kier alpha value is -1.89. The average Bonchev–Trinajstić information content (AvgIpc) is 2.38. The lowest BCUT2D eigenvalue weighted by molar-refractivity contribution is -0.130. The standard InChI is InChI=1S/C15H27N3O4/c1-11(2)13(20)17-10-8-6-7-9-12(19)18(16)14(21)22-15(3,4)5/h1,6-10,16H2,2-5H3,(H,17,20). The molecule has 0 fully saturated rings. The molecule has 0 heterocycles. The van der Waals surface area contributed by atoms with Gasteiger partial charge in [0.2, 0.25) is 11.8 Å². The van der Waals surface area contributed by atoms with Crippen LogP contribution in [0.15, 0.2) is 12.2 Å². The highest BCUT2D eigenvalue weighted by atomic mass is 16.6. The minimum absolute atomic E-state index is 0.157. The molecule has 0 unspecified atom stereocenters. The molecule has 0 radical (unpaired) electrons. The topological polar surface area (TPSA) is 102 Å². The van der Waals surface area contributed by atoms with Crippen LogP contribution in [0.25, 0.3) is 0 Å². The monoisotopic (exact) mass is 313 g/mol. The second-order valence-electron chi connectivity index (χ2n) is 6.09. The summed E-state index contributed by atoms with van der Waals surface area (Å²) in [5, 5.41) is 3.21. The van der Waals surface area contributed by atoms with Gasteiger partial charge in [-0.05, 0) is 40.5 Å². The number of imide groups is 1. The van der Waals surface area contributed by atoms with Crippen molar-refractivity contribution in [1.29, 1.82) is 0 Å². The maximum absolute atomic E-state index is 11.7. The average molecular weight is 313 g/mol. The first-order chi connectivity index (χ1) is 10.0. The van der Waals surface area contributed by atoms with Gasteiger partial charge < -0.3 is 10.1 Å². The summed E-state index contributed by atoms with van der Waals surface area (Å²) in [5.41, 5.74) is -0.234. The third kappa shape index (κ3) is 9.12. The van der Waals surface area contributed by atoms with Gasteiger partial charge in [-0.1, -0.05) is 13.0 Å². The van der Waals surface area contributed by atoms with Crippen molar-refractivity contribution in [2.75, 3.05) is 6.54 Å². The summed E-state index contributed by atoms with van der Waals surface area (Å²) in [6, 6.07) is 0. The number of carbonyl (C=O) groups excluding carboxylic acids is 3. The summed E-state index contributed by atoms with van der Waals surface area (Å²) in [4.78, 5) is 34.5. The van der Waals surface area contributed by atoms with Crippen molar-refractivity contribution in [3.63, 3.8) is 0 Å². The fraction of sp³-hybridized carbons (Fsp3) is 0.667. The first-order valence-corrected chi connectivity index (χ1v) is 7.29. The molecule has 3 amide bonds. The van der Waals surface area contributed by atoms with E-state index in [1.54, 1.807) is 27.7 Å². The largest absolute Gasteiger partial charge is 0.442 e. The van der Waals surface area contributed by atoms with Gasteiger partial charge in [-0.25, -0.2) is 10.6 Å². The Kier molecular flexibility index (Phi) is 8.40. The van der Waals surface area contributed by atoms with Gasteiger partial charge in [-0.2, -0.15) is 5.01 Å². The van der Waals surface area contributed by atoms with Crippen molar-refractivity contribution in [3.05, 3.63) is 12.2 Å². The Morgan fingerprint density at radius 1 is 1.18 bits per heavy atom. The van der Waals surface area contributed by atoms with E-state index in [-0.39, 0.29) is 12.3 Å². The molecule has 126 valence electrons. The maximum atomic E-state index is 11.7. The molecule has 0 aromatic rings. The molecule has 3 N–H and O–H groups in total. The quantitative estimate of drug-likeness (QED) is 0.246. The SMILES string of the molecule is C=C(C)C(=O)NCCCCCC(=O)N(N)C(=O)OC(C)(C)C. The summed E-state index contributed by atoms with van der Waals surface area (Å²) in [6.07, 6.45) is 1.36. The number of nitrogens with two attached hydrogens (primary N) is 1. The van der Waals surface area contributed by atoms with Gasteiger partial charge in [0.25, 0.3) is 0 Å². The van der Waals surface area contributed by atoms with Crippen molar-refractivity contribution in [2.45, 2.75) is 59.0 Å². The molecule has 0 spiro atoms. The number of carbonyl (C=O) groups is 3. The van der Waals surface area contributed by atoms with Crippen LogP contribution in [0.5, 0.6) is 0 Å². The molecule has 0 atom stereocenters. The lowest BCUT2D eigenvalue weighted by Gasteiger charge is -2.23. The van der Waals surface area contributed by atoms with Crippen molar-refractivity contribution in [2.24, 2.45) is 5.84 Å². The van der Waals surface area contributed by atoms with E-state index in [2.05, 4.69) is 11.9 Å². The van der Waals surface area contributed by atoms with Crippen molar-refractivity contribution < 1.29 is 19.1 Å². The van der Waals surface area contributed by atoms with E-state index in [9.17, 15) is 14.4 Å². The number of unbranched alkanes of at least 4 members (excludes halogenated alkanes) is 2. The normalized spacial score (nSPS) is 10.8. The zero-order chi connectivity index (χ0) is 17.3. The first kappa shape index (κ1) is 20.1. The number of hydrogen-bond acceptors (Lipinski definition) is 5. The fourth-order valence-electron chi connectivity index (χ4n) is 1.46. The second kappa shape index (κ2) is 9.19. The van der Waals surface area contributed by atoms with E-state index < -0.39 is 17.6 Å². The lowest BCUT2D eigenvalue weighted by Crippen LogP contribution is -2.45. The van der Waals surface area contributed by atoms with E-state index in [0.717, 1.165) is 12.8 Å². The van der Waals surface area contributed by atoms with E-state index in [1.807, 2.05) is 0 Å². The summed E-state index contributed by atoms with van der Waals surface area (Å²) >= 11 is 0. The van der Waals surface area contributed by atoms with Crippen molar-refractivity contribution >= 4 is 17.9 Å². The van der Waals surface area contributed by atoms with Crippen LogP contribution in [0.2, 0.25) is 0 Å². The van der Waals surface area contributed by atoms with Gasteiger partial charge in [-0.15, -0.1) is 0 Å². The van der Waals surface area contributed by atoms with Gasteiger partial charge in [-0.3, -0.25) is 9.59 Å². The Morgan fingerprint density at radius 2 is 1.77 bits per heavy atom. The smallest absolute Gasteiger partial charge is 0.431 e. The Bertz CT molecular complexity index is 427. The molecule has 7 nitrogen and oxygen atoms in total. The van der Waals surface area contributed by atoms with Gasteiger partial charge >= 0.3 is 6.09 Å². The Morgan fingerprint density at radius 3 is 2.27 bits per heavy atom. The second-order valence-corrected chi connectivity index (χ2v) is 6.09. The van der Waals surface area contributed by atoms with Gasteiger partial charge in [0.05, 0.1) is 0 Å². The summed E-state index contributed by atoms with van der Waals surface area (Å²) in [6.45, 7) is 10.8. The molecule has 0 saturated carbocycles. The van der Waals surface area contributed by atoms with Crippen molar-refractivity contribution in [1.82, 2.24) is 10.3 Å². The molecule has 7 heteroatoms. The van der Waals surface area contributed by atoms with Gasteiger partial charge in [0, 0.05) is 18.5 Å². The summed E-state index contributed by atoms with van der Waals surface area (Å²) in [7, 11) is 0. The number of ether oxygens (including phenoxy) is 1. The molecule has 0 aliphatic rings. The third-order valence-corrected chi connectivity index (χ3v) is 2.60. The van der Waals surface area contributed by atoms with Crippen LogP contribution >= 0.6 is 0 Å². The zero-order valence-corrected chi connectivity index (χ0v) is 13.9. The minimum Gasteiger partial charge on any atom is -0.442 e. The number of hydrogen-bond donors (Lipinski definition) is 2. The Labute approximate surface area is 131 Å². The summed E-state index contributed by atoms with van der Waals surface area (Å²) in [5.74, 6) is 4.77.